The van der Waals surface area contributed by atoms with E-state index in [1.165, 1.54) is 5.01 Å². The lowest BCUT2D eigenvalue weighted by Crippen LogP contribution is -2.47. The molecule has 2 aliphatic heterocycles. The van der Waals surface area contributed by atoms with E-state index in [1.54, 1.807) is 36.4 Å². The lowest BCUT2D eigenvalue weighted by Gasteiger charge is -2.37. The number of hydrogen-bond donors (Lipinski definition) is 2. The highest BCUT2D eigenvalue weighted by molar-refractivity contribution is 6.53. The van der Waals surface area contributed by atoms with Crippen LogP contribution in [0.1, 0.15) is 15.9 Å². The second-order valence-corrected chi connectivity index (χ2v) is 7.02. The van der Waals surface area contributed by atoms with E-state index < -0.39 is 12.0 Å². The summed E-state index contributed by atoms with van der Waals surface area (Å²) in [7, 11) is 0. The third-order valence-corrected chi connectivity index (χ3v) is 5.23. The summed E-state index contributed by atoms with van der Waals surface area (Å²) in [6.45, 7) is 0. The van der Waals surface area contributed by atoms with Crippen LogP contribution >= 0.6 is 0 Å². The molecule has 2 heterocycles. The van der Waals surface area contributed by atoms with Crippen LogP contribution in [0.3, 0.4) is 0 Å². The Morgan fingerprint density at radius 2 is 1.53 bits per heavy atom. The maximum Gasteiger partial charge on any atom is 0.354 e. The number of carboxylic acid groups (broad SMARTS) is 1. The molecule has 3 aromatic rings. The molecule has 0 bridgehead atoms. The summed E-state index contributed by atoms with van der Waals surface area (Å²) >= 11 is 0. The molecule has 30 heavy (non-hydrogen) atoms. The van der Waals surface area contributed by atoms with Gasteiger partial charge in [-0.2, -0.15) is 5.10 Å². The number of carbonyl (C=O) groups excluding carboxylic acids is 1. The van der Waals surface area contributed by atoms with E-state index in [0.717, 1.165) is 0 Å². The van der Waals surface area contributed by atoms with Gasteiger partial charge in [0.2, 0.25) is 5.78 Å². The number of nitrogens with zero attached hydrogens (tertiary/aromatic N) is 2. The molecular weight excluding hydrogens is 378 g/mol. The fraction of sp³-hybridized carbons (Fsp3) is 0.0417. The lowest BCUT2D eigenvalue weighted by atomic mass is 9.85. The number of hydrogen-bond acceptors (Lipinski definition) is 5. The molecule has 0 spiro atoms. The summed E-state index contributed by atoms with van der Waals surface area (Å²) in [6.07, 6.45) is 0. The van der Waals surface area contributed by atoms with Crippen molar-refractivity contribution >= 4 is 34.4 Å². The Morgan fingerprint density at radius 3 is 2.23 bits per heavy atom. The van der Waals surface area contributed by atoms with Gasteiger partial charge in [0, 0.05) is 16.8 Å². The second kappa shape index (κ2) is 7.00. The van der Waals surface area contributed by atoms with Gasteiger partial charge in [0.15, 0.2) is 5.70 Å². The van der Waals surface area contributed by atoms with Crippen molar-refractivity contribution in [3.63, 3.8) is 0 Å². The number of Topliss-reactive ketones (excluding diaryl/α,β-unsaturated/α-hetero) is 1. The monoisotopic (exact) mass is 395 g/mol. The lowest BCUT2D eigenvalue weighted by molar-refractivity contribution is -0.132. The van der Waals surface area contributed by atoms with Gasteiger partial charge in [-0.05, 0) is 29.8 Å². The second-order valence-electron chi connectivity index (χ2n) is 7.02. The van der Waals surface area contributed by atoms with Gasteiger partial charge >= 0.3 is 5.97 Å². The van der Waals surface area contributed by atoms with Crippen molar-refractivity contribution in [2.45, 2.75) is 6.04 Å². The van der Waals surface area contributed by atoms with Crippen LogP contribution in [0, 0.1) is 0 Å². The van der Waals surface area contributed by atoms with Crippen molar-refractivity contribution in [2.24, 2.45) is 5.10 Å². The number of hydrazone groups is 1. The number of para-hydroxylation sites is 2. The van der Waals surface area contributed by atoms with E-state index in [2.05, 4.69) is 10.4 Å². The van der Waals surface area contributed by atoms with Crippen LogP contribution in [0.15, 0.2) is 95.7 Å². The number of nitrogens with one attached hydrogen (secondary N) is 1. The molecule has 146 valence electrons. The van der Waals surface area contributed by atoms with Gasteiger partial charge in [-0.1, -0.05) is 60.7 Å². The van der Waals surface area contributed by atoms with Crippen molar-refractivity contribution < 1.29 is 14.7 Å². The van der Waals surface area contributed by atoms with Crippen LogP contribution < -0.4 is 10.3 Å². The Labute approximate surface area is 172 Å². The predicted octanol–water partition coefficient (Wildman–Crippen LogP) is 4.04. The summed E-state index contributed by atoms with van der Waals surface area (Å²) < 4.78 is 0. The van der Waals surface area contributed by atoms with Crippen molar-refractivity contribution in [1.82, 2.24) is 0 Å². The zero-order chi connectivity index (χ0) is 20.7. The molecule has 0 radical (unpaired) electrons. The molecule has 0 aliphatic carbocycles. The van der Waals surface area contributed by atoms with E-state index in [0.29, 0.717) is 28.1 Å². The fourth-order valence-electron chi connectivity index (χ4n) is 3.90. The van der Waals surface area contributed by atoms with E-state index in [4.69, 9.17) is 0 Å². The van der Waals surface area contributed by atoms with Crippen LogP contribution in [0.25, 0.3) is 5.57 Å². The van der Waals surface area contributed by atoms with Gasteiger partial charge in [-0.15, -0.1) is 0 Å². The van der Waals surface area contributed by atoms with E-state index in [1.807, 2.05) is 48.5 Å². The molecule has 0 amide bonds. The molecule has 5 rings (SSSR count). The number of fused-ring (bicyclic) bond motifs is 2. The quantitative estimate of drug-likeness (QED) is 0.700. The standard InChI is InChI=1S/C24H17N3O3/c28-23-17-13-7-8-14-18(17)25-20-19(15-9-3-1-4-10-15)22(24(29)30)27(26-21(20)23)16-11-5-2-6-12-16/h1-14,20,25H,(H,29,30). The molecule has 6 nitrogen and oxygen atoms in total. The Hall–Kier alpha value is -4.19. The number of aliphatic carboxylic acids is 1. The topological polar surface area (TPSA) is 82.0 Å². The number of carbonyl (C=O) groups is 2. The number of rotatable bonds is 3. The SMILES string of the molecule is O=C(O)C1=C(c2ccccc2)C2Nc3ccccc3C(=O)C2=NN1c1ccccc1. The minimum atomic E-state index is -1.12. The van der Waals surface area contributed by atoms with Gasteiger partial charge in [0.1, 0.15) is 11.8 Å². The van der Waals surface area contributed by atoms with Crippen LogP contribution in [0.2, 0.25) is 0 Å². The largest absolute Gasteiger partial charge is 0.476 e. The molecule has 3 aromatic carbocycles. The zero-order valence-electron chi connectivity index (χ0n) is 15.8. The Kier molecular flexibility index (Phi) is 4.17. The number of anilines is 2. The first-order chi connectivity index (χ1) is 14.6. The smallest absolute Gasteiger partial charge is 0.354 e. The molecule has 6 heteroatoms. The van der Waals surface area contributed by atoms with Crippen molar-refractivity contribution in [2.75, 3.05) is 10.3 Å². The summed E-state index contributed by atoms with van der Waals surface area (Å²) in [4.78, 5) is 25.8. The number of ketones is 1. The molecule has 0 fully saturated rings. The number of benzene rings is 3. The van der Waals surface area contributed by atoms with Crippen LogP contribution in [-0.4, -0.2) is 28.6 Å². The summed E-state index contributed by atoms with van der Waals surface area (Å²) in [5.41, 5.74) is 3.25. The maximum atomic E-state index is 13.3. The van der Waals surface area contributed by atoms with Crippen LogP contribution in [0.4, 0.5) is 11.4 Å². The van der Waals surface area contributed by atoms with Crippen molar-refractivity contribution in [3.05, 3.63) is 102 Å². The maximum absolute atomic E-state index is 13.3. The van der Waals surface area contributed by atoms with E-state index in [9.17, 15) is 14.7 Å². The highest BCUT2D eigenvalue weighted by atomic mass is 16.4. The molecule has 0 saturated carbocycles. The molecule has 2 N–H and O–H groups in total. The average molecular weight is 395 g/mol. The normalized spacial score (nSPS) is 17.6. The Bertz CT molecular complexity index is 1220. The Morgan fingerprint density at radius 1 is 0.900 bits per heavy atom. The molecule has 2 aliphatic rings. The minimum Gasteiger partial charge on any atom is -0.476 e. The van der Waals surface area contributed by atoms with Crippen molar-refractivity contribution in [3.8, 4) is 0 Å². The predicted molar refractivity (Wildman–Crippen MR) is 116 cm³/mol. The molecular formula is C24H17N3O3. The third kappa shape index (κ3) is 2.78. The van der Waals surface area contributed by atoms with Crippen molar-refractivity contribution in [1.29, 1.82) is 0 Å². The van der Waals surface area contributed by atoms with Gasteiger partial charge < -0.3 is 10.4 Å². The van der Waals surface area contributed by atoms with E-state index in [-0.39, 0.29) is 17.2 Å². The first kappa shape index (κ1) is 17.9. The first-order valence-corrected chi connectivity index (χ1v) is 9.52. The van der Waals surface area contributed by atoms with Gasteiger partial charge in [0.25, 0.3) is 0 Å². The van der Waals surface area contributed by atoms with E-state index >= 15 is 0 Å². The first-order valence-electron chi connectivity index (χ1n) is 9.52. The van der Waals surface area contributed by atoms with Crippen LogP contribution in [0.5, 0.6) is 0 Å². The summed E-state index contributed by atoms with van der Waals surface area (Å²) in [5.74, 6) is -1.33. The summed E-state index contributed by atoms with van der Waals surface area (Å²) in [5, 5.41) is 19.4. The van der Waals surface area contributed by atoms with Gasteiger partial charge in [0.05, 0.1) is 5.69 Å². The highest BCUT2D eigenvalue weighted by Gasteiger charge is 2.42. The average Bonchev–Trinajstić information content (AvgIpc) is 2.79. The molecule has 1 unspecified atom stereocenters. The molecule has 0 saturated heterocycles. The Balaban J connectivity index is 1.80. The molecule has 1 atom stereocenters. The van der Waals surface area contributed by atoms with Gasteiger partial charge in [-0.3, -0.25) is 4.79 Å². The fourth-order valence-corrected chi connectivity index (χ4v) is 3.90. The third-order valence-electron chi connectivity index (χ3n) is 5.23. The number of carboxylic acids is 1. The highest BCUT2D eigenvalue weighted by Crippen LogP contribution is 2.38. The minimum absolute atomic E-state index is 0.0147. The summed E-state index contributed by atoms with van der Waals surface area (Å²) in [6, 6.07) is 24.8. The molecule has 0 aromatic heterocycles. The zero-order valence-corrected chi connectivity index (χ0v) is 15.8. The van der Waals surface area contributed by atoms with Crippen LogP contribution in [-0.2, 0) is 4.79 Å². The van der Waals surface area contributed by atoms with Gasteiger partial charge in [-0.25, -0.2) is 9.80 Å².